The first-order chi connectivity index (χ1) is 8.66. The molecule has 1 fully saturated rings. The van der Waals surface area contributed by atoms with Crippen LogP contribution in [0.1, 0.15) is 31.7 Å². The third kappa shape index (κ3) is 1.77. The zero-order valence-electron chi connectivity index (χ0n) is 10.9. The van der Waals surface area contributed by atoms with Crippen LogP contribution in [0.25, 0.3) is 11.0 Å². The minimum Gasteiger partial charge on any atom is -0.385 e. The molecule has 4 heteroatoms. The maximum Gasteiger partial charge on any atom is 0.138 e. The lowest BCUT2D eigenvalue weighted by Crippen LogP contribution is -2.17. The number of aliphatic hydroxyl groups is 1. The molecule has 4 nitrogen and oxygen atoms in total. The number of rotatable bonds is 2. The molecule has 2 heterocycles. The fourth-order valence-electron chi connectivity index (χ4n) is 2.75. The number of hydrogen-bond acceptors (Lipinski definition) is 3. The van der Waals surface area contributed by atoms with Gasteiger partial charge in [-0.05, 0) is 38.0 Å². The van der Waals surface area contributed by atoms with Crippen LogP contribution in [0, 0.1) is 0 Å². The van der Waals surface area contributed by atoms with Crippen LogP contribution in [-0.2, 0) is 7.05 Å². The highest BCUT2D eigenvalue weighted by atomic mass is 16.3. The molecule has 1 N–H and O–H groups in total. The van der Waals surface area contributed by atoms with E-state index in [2.05, 4.69) is 28.1 Å². The Kier molecular flexibility index (Phi) is 2.74. The maximum atomic E-state index is 9.69. The van der Waals surface area contributed by atoms with Gasteiger partial charge in [-0.3, -0.25) is 0 Å². The number of aryl methyl sites for hydroxylation is 1. The van der Waals surface area contributed by atoms with E-state index in [1.807, 2.05) is 11.6 Å². The van der Waals surface area contributed by atoms with Gasteiger partial charge in [-0.2, -0.15) is 0 Å². The predicted molar refractivity (Wildman–Crippen MR) is 72.8 cm³/mol. The van der Waals surface area contributed by atoms with Gasteiger partial charge in [-0.1, -0.05) is 0 Å². The summed E-state index contributed by atoms with van der Waals surface area (Å²) >= 11 is 0. The summed E-state index contributed by atoms with van der Waals surface area (Å²) in [5.41, 5.74) is 3.29. The molecule has 0 bridgehead atoms. The number of anilines is 1. The molecule has 3 rings (SSSR count). The van der Waals surface area contributed by atoms with Crippen molar-refractivity contribution in [2.24, 2.45) is 7.05 Å². The van der Waals surface area contributed by atoms with E-state index in [-0.39, 0.29) is 0 Å². The molecule has 1 aromatic carbocycles. The van der Waals surface area contributed by atoms with Gasteiger partial charge in [0.05, 0.1) is 11.0 Å². The van der Waals surface area contributed by atoms with Crippen molar-refractivity contribution in [3.63, 3.8) is 0 Å². The van der Waals surface area contributed by atoms with Crippen molar-refractivity contribution in [3.8, 4) is 0 Å². The van der Waals surface area contributed by atoms with Crippen LogP contribution >= 0.6 is 0 Å². The molecule has 1 atom stereocenters. The summed E-state index contributed by atoms with van der Waals surface area (Å²) in [5.74, 6) is 0.726. The lowest BCUT2D eigenvalue weighted by molar-refractivity contribution is 0.186. The minimum atomic E-state index is -0.530. The average molecular weight is 245 g/mol. The second-order valence-corrected chi connectivity index (χ2v) is 5.07. The van der Waals surface area contributed by atoms with E-state index >= 15 is 0 Å². The SMILES string of the molecule is CC(O)c1nc2cc(N3CCCC3)ccc2n1C. The molecule has 1 aliphatic heterocycles. The molecule has 0 spiro atoms. The van der Waals surface area contributed by atoms with Crippen LogP contribution in [0.3, 0.4) is 0 Å². The van der Waals surface area contributed by atoms with E-state index in [0.29, 0.717) is 0 Å². The van der Waals surface area contributed by atoms with E-state index in [1.54, 1.807) is 6.92 Å². The zero-order valence-corrected chi connectivity index (χ0v) is 10.9. The van der Waals surface area contributed by atoms with Crippen molar-refractivity contribution in [1.29, 1.82) is 0 Å². The molecule has 1 unspecified atom stereocenters. The van der Waals surface area contributed by atoms with Gasteiger partial charge in [-0.25, -0.2) is 4.98 Å². The highest BCUT2D eigenvalue weighted by Gasteiger charge is 2.16. The Morgan fingerprint density at radius 3 is 2.67 bits per heavy atom. The summed E-state index contributed by atoms with van der Waals surface area (Å²) in [4.78, 5) is 6.93. The Balaban J connectivity index is 2.06. The molecule has 0 amide bonds. The molecule has 1 saturated heterocycles. The van der Waals surface area contributed by atoms with Gasteiger partial charge in [0.1, 0.15) is 11.9 Å². The molecule has 96 valence electrons. The van der Waals surface area contributed by atoms with Gasteiger partial charge < -0.3 is 14.6 Å². The Bertz CT molecular complexity index is 568. The Labute approximate surface area is 107 Å². The highest BCUT2D eigenvalue weighted by Crippen LogP contribution is 2.26. The van der Waals surface area contributed by atoms with Crippen LogP contribution in [0.5, 0.6) is 0 Å². The first-order valence-electron chi connectivity index (χ1n) is 6.56. The lowest BCUT2D eigenvalue weighted by atomic mass is 10.2. The number of benzene rings is 1. The van der Waals surface area contributed by atoms with Gasteiger partial charge >= 0.3 is 0 Å². The first kappa shape index (κ1) is 11.5. The third-order valence-corrected chi connectivity index (χ3v) is 3.74. The largest absolute Gasteiger partial charge is 0.385 e. The van der Waals surface area contributed by atoms with E-state index in [4.69, 9.17) is 0 Å². The average Bonchev–Trinajstić information content (AvgIpc) is 2.97. The Hall–Kier alpha value is -1.55. The molecule has 0 aliphatic carbocycles. The molecule has 2 aromatic rings. The lowest BCUT2D eigenvalue weighted by Gasteiger charge is -2.17. The number of aliphatic hydroxyl groups excluding tert-OH is 1. The van der Waals surface area contributed by atoms with Crippen LogP contribution in [0.15, 0.2) is 18.2 Å². The van der Waals surface area contributed by atoms with Crippen LogP contribution in [-0.4, -0.2) is 27.7 Å². The highest BCUT2D eigenvalue weighted by molar-refractivity contribution is 5.80. The molecule has 18 heavy (non-hydrogen) atoms. The van der Waals surface area contributed by atoms with Crippen molar-refractivity contribution in [3.05, 3.63) is 24.0 Å². The van der Waals surface area contributed by atoms with Crippen molar-refractivity contribution in [2.45, 2.75) is 25.9 Å². The summed E-state index contributed by atoms with van der Waals surface area (Å²) in [6.45, 7) is 4.03. The van der Waals surface area contributed by atoms with E-state index < -0.39 is 6.10 Å². The number of imidazole rings is 1. The molecular weight excluding hydrogens is 226 g/mol. The predicted octanol–water partition coefficient (Wildman–Crippen LogP) is 2.23. The zero-order chi connectivity index (χ0) is 12.7. The van der Waals surface area contributed by atoms with Gasteiger partial charge in [0.2, 0.25) is 0 Å². The van der Waals surface area contributed by atoms with Gasteiger partial charge in [0.25, 0.3) is 0 Å². The van der Waals surface area contributed by atoms with E-state index in [9.17, 15) is 5.11 Å². The molecule has 0 radical (unpaired) electrons. The summed E-state index contributed by atoms with van der Waals surface area (Å²) < 4.78 is 1.97. The Morgan fingerprint density at radius 2 is 2.00 bits per heavy atom. The van der Waals surface area contributed by atoms with Crippen molar-refractivity contribution < 1.29 is 5.11 Å². The Morgan fingerprint density at radius 1 is 1.28 bits per heavy atom. The summed E-state index contributed by atoms with van der Waals surface area (Å²) in [5, 5.41) is 9.69. The number of nitrogens with zero attached hydrogens (tertiary/aromatic N) is 3. The second kappa shape index (κ2) is 4.28. The van der Waals surface area contributed by atoms with Crippen molar-refractivity contribution in [1.82, 2.24) is 9.55 Å². The summed E-state index contributed by atoms with van der Waals surface area (Å²) in [6, 6.07) is 6.38. The summed E-state index contributed by atoms with van der Waals surface area (Å²) in [6.07, 6.45) is 2.02. The minimum absolute atomic E-state index is 0.530. The van der Waals surface area contributed by atoms with Crippen LogP contribution < -0.4 is 4.90 Å². The monoisotopic (exact) mass is 245 g/mol. The summed E-state index contributed by atoms with van der Waals surface area (Å²) in [7, 11) is 1.95. The number of aromatic nitrogens is 2. The third-order valence-electron chi connectivity index (χ3n) is 3.74. The molecule has 1 aromatic heterocycles. The molecular formula is C14H19N3O. The number of hydrogen-bond donors (Lipinski definition) is 1. The fraction of sp³-hybridized carbons (Fsp3) is 0.500. The second-order valence-electron chi connectivity index (χ2n) is 5.07. The van der Waals surface area contributed by atoms with Crippen LogP contribution in [0.2, 0.25) is 0 Å². The quantitative estimate of drug-likeness (QED) is 0.882. The van der Waals surface area contributed by atoms with E-state index in [0.717, 1.165) is 29.9 Å². The normalized spacial score (nSPS) is 17.6. The molecule has 1 aliphatic rings. The smallest absolute Gasteiger partial charge is 0.138 e. The van der Waals surface area contributed by atoms with Crippen molar-refractivity contribution >= 4 is 16.7 Å². The number of fused-ring (bicyclic) bond motifs is 1. The standard InChI is InChI=1S/C14H19N3O/c1-10(18)14-15-12-9-11(17-7-3-4-8-17)5-6-13(12)16(14)2/h5-6,9-10,18H,3-4,7-8H2,1-2H3. The molecule has 0 saturated carbocycles. The van der Waals surface area contributed by atoms with E-state index in [1.165, 1.54) is 18.5 Å². The van der Waals surface area contributed by atoms with Gasteiger partial charge in [0, 0.05) is 25.8 Å². The van der Waals surface area contributed by atoms with Gasteiger partial charge in [0.15, 0.2) is 0 Å². The van der Waals surface area contributed by atoms with Crippen molar-refractivity contribution in [2.75, 3.05) is 18.0 Å². The topological polar surface area (TPSA) is 41.3 Å². The maximum absolute atomic E-state index is 9.69. The van der Waals surface area contributed by atoms with Crippen LogP contribution in [0.4, 0.5) is 5.69 Å². The van der Waals surface area contributed by atoms with Gasteiger partial charge in [-0.15, -0.1) is 0 Å². The first-order valence-corrected chi connectivity index (χ1v) is 6.56. The fourth-order valence-corrected chi connectivity index (χ4v) is 2.75.